The number of methoxy groups -OCH3 is 1. The van der Waals surface area contributed by atoms with E-state index in [0.717, 1.165) is 11.1 Å². The fraction of sp³-hybridized carbons (Fsp3) is 0.174. The predicted octanol–water partition coefficient (Wildman–Crippen LogP) is 4.05. The molecule has 6 heteroatoms. The van der Waals surface area contributed by atoms with Crippen LogP contribution in [0.4, 0.5) is 0 Å². The molecule has 0 aliphatic rings. The second-order valence-corrected chi connectivity index (χ2v) is 5.93. The lowest BCUT2D eigenvalue weighted by atomic mass is 10.1. The molecular weight excluding hydrogens is 372 g/mol. The lowest BCUT2D eigenvalue weighted by molar-refractivity contribution is -0.122. The van der Waals surface area contributed by atoms with Gasteiger partial charge < -0.3 is 24.4 Å². The number of ether oxygens (including phenoxy) is 3. The van der Waals surface area contributed by atoms with E-state index in [2.05, 4.69) is 0 Å². The molecule has 0 aliphatic heterocycles. The molecule has 0 heterocycles. The maximum absolute atomic E-state index is 9.75. The summed E-state index contributed by atoms with van der Waals surface area (Å²) in [6, 6.07) is 23.3. The summed E-state index contributed by atoms with van der Waals surface area (Å²) in [6.07, 6.45) is 0. The van der Waals surface area contributed by atoms with Crippen molar-refractivity contribution in [2.45, 2.75) is 19.8 Å². The molecule has 0 unspecified atom stereocenters. The van der Waals surface area contributed by atoms with Crippen LogP contribution in [-0.4, -0.2) is 23.8 Å². The Morgan fingerprint density at radius 1 is 0.862 bits per heavy atom. The number of aliphatic hydroxyl groups excluding tert-OH is 1. The van der Waals surface area contributed by atoms with Gasteiger partial charge in [-0.25, -0.2) is 0 Å². The minimum absolute atomic E-state index is 0.164. The summed E-state index contributed by atoms with van der Waals surface area (Å²) >= 11 is 0. The van der Waals surface area contributed by atoms with Gasteiger partial charge in [0, 0.05) is 11.6 Å². The number of hydrogen-bond donors (Lipinski definition) is 2. The maximum Gasteiger partial charge on any atom is 0.290 e. The summed E-state index contributed by atoms with van der Waals surface area (Å²) in [4.78, 5) is 8.36. The first kappa shape index (κ1) is 21.8. The van der Waals surface area contributed by atoms with Gasteiger partial charge in [-0.3, -0.25) is 4.79 Å². The van der Waals surface area contributed by atoms with Crippen LogP contribution in [-0.2, 0) is 24.6 Å². The molecule has 0 saturated heterocycles. The van der Waals surface area contributed by atoms with Crippen molar-refractivity contribution in [1.82, 2.24) is 0 Å². The lowest BCUT2D eigenvalue weighted by Crippen LogP contribution is -2.03. The summed E-state index contributed by atoms with van der Waals surface area (Å²) in [5, 5.41) is 16.6. The van der Waals surface area contributed by atoms with Gasteiger partial charge in [0.1, 0.15) is 19.0 Å². The van der Waals surface area contributed by atoms with Crippen LogP contribution in [0.2, 0.25) is 0 Å². The summed E-state index contributed by atoms with van der Waals surface area (Å²) < 4.78 is 17.2. The molecule has 0 aromatic heterocycles. The van der Waals surface area contributed by atoms with Gasteiger partial charge in [-0.05, 0) is 17.2 Å². The van der Waals surface area contributed by atoms with E-state index in [0.29, 0.717) is 36.0 Å². The fourth-order valence-corrected chi connectivity index (χ4v) is 2.62. The van der Waals surface area contributed by atoms with E-state index in [-0.39, 0.29) is 13.1 Å². The highest BCUT2D eigenvalue weighted by Gasteiger charge is 2.14. The van der Waals surface area contributed by atoms with Gasteiger partial charge in [0.25, 0.3) is 6.47 Å². The number of benzene rings is 3. The third kappa shape index (κ3) is 6.86. The Balaban J connectivity index is 0.000000941. The summed E-state index contributed by atoms with van der Waals surface area (Å²) in [5.41, 5.74) is 2.74. The van der Waals surface area contributed by atoms with Gasteiger partial charge in [-0.1, -0.05) is 60.7 Å². The smallest absolute Gasteiger partial charge is 0.290 e. The van der Waals surface area contributed by atoms with Crippen molar-refractivity contribution in [2.75, 3.05) is 7.11 Å². The summed E-state index contributed by atoms with van der Waals surface area (Å²) in [5.74, 6) is 1.70. The first-order valence-electron chi connectivity index (χ1n) is 8.94. The number of carbonyl (C=O) groups is 1. The van der Waals surface area contributed by atoms with Crippen LogP contribution in [0.15, 0.2) is 72.8 Å². The standard InChI is InChI=1S/C22H22O4.CH2O2/c1-24-21-13-20(25-15-17-8-4-2-5-9-17)12-19(14-23)22(21)26-16-18-10-6-3-7-11-18;2-1-3/h2-13,23H,14-16H2,1H3;1H,(H,2,3). The Bertz CT molecular complexity index is 840. The Kier molecular flexibility index (Phi) is 9.05. The number of aliphatic hydroxyl groups is 1. The third-order valence-electron chi connectivity index (χ3n) is 3.97. The highest BCUT2D eigenvalue weighted by Crippen LogP contribution is 2.36. The van der Waals surface area contributed by atoms with Gasteiger partial charge in [0.05, 0.1) is 13.7 Å². The Morgan fingerprint density at radius 3 is 1.86 bits per heavy atom. The first-order valence-corrected chi connectivity index (χ1v) is 8.94. The Labute approximate surface area is 169 Å². The van der Waals surface area contributed by atoms with Crippen LogP contribution < -0.4 is 14.2 Å². The normalized spacial score (nSPS) is 9.72. The van der Waals surface area contributed by atoms with E-state index >= 15 is 0 Å². The van der Waals surface area contributed by atoms with E-state index in [1.54, 1.807) is 19.2 Å². The van der Waals surface area contributed by atoms with E-state index in [1.165, 1.54) is 0 Å². The molecule has 0 spiro atoms. The lowest BCUT2D eigenvalue weighted by Gasteiger charge is -2.16. The molecule has 152 valence electrons. The summed E-state index contributed by atoms with van der Waals surface area (Å²) in [7, 11) is 1.58. The topological polar surface area (TPSA) is 85.2 Å². The van der Waals surface area contributed by atoms with E-state index in [9.17, 15) is 5.11 Å². The second-order valence-electron chi connectivity index (χ2n) is 5.93. The van der Waals surface area contributed by atoms with Crippen molar-refractivity contribution >= 4 is 6.47 Å². The van der Waals surface area contributed by atoms with Gasteiger partial charge in [0.2, 0.25) is 0 Å². The van der Waals surface area contributed by atoms with Gasteiger partial charge in [-0.2, -0.15) is 0 Å². The van der Waals surface area contributed by atoms with Gasteiger partial charge in [-0.15, -0.1) is 0 Å². The SMILES string of the molecule is COc1cc(OCc2ccccc2)cc(CO)c1OCc1ccccc1.O=CO. The maximum atomic E-state index is 9.75. The highest BCUT2D eigenvalue weighted by molar-refractivity contribution is 5.51. The van der Waals surface area contributed by atoms with Crippen LogP contribution in [0, 0.1) is 0 Å². The predicted molar refractivity (Wildman–Crippen MR) is 109 cm³/mol. The van der Waals surface area contributed by atoms with Crippen LogP contribution in [0.25, 0.3) is 0 Å². The zero-order valence-corrected chi connectivity index (χ0v) is 16.2. The highest BCUT2D eigenvalue weighted by atomic mass is 16.5. The van der Waals surface area contributed by atoms with Crippen molar-refractivity contribution in [3.05, 3.63) is 89.5 Å². The van der Waals surface area contributed by atoms with Crippen LogP contribution in [0.5, 0.6) is 17.2 Å². The van der Waals surface area contributed by atoms with Crippen molar-refractivity contribution in [2.24, 2.45) is 0 Å². The molecule has 0 aliphatic carbocycles. The largest absolute Gasteiger partial charge is 0.493 e. The molecular formula is C23H24O6. The molecule has 0 atom stereocenters. The van der Waals surface area contributed by atoms with E-state index in [4.69, 9.17) is 24.1 Å². The number of carboxylic acid groups (broad SMARTS) is 1. The van der Waals surface area contributed by atoms with Crippen LogP contribution in [0.1, 0.15) is 16.7 Å². The van der Waals surface area contributed by atoms with Crippen molar-refractivity contribution in [1.29, 1.82) is 0 Å². The number of rotatable bonds is 8. The van der Waals surface area contributed by atoms with Gasteiger partial charge in [0.15, 0.2) is 11.5 Å². The molecule has 0 bridgehead atoms. The quantitative estimate of drug-likeness (QED) is 0.559. The molecule has 0 saturated carbocycles. The first-order chi connectivity index (χ1) is 14.2. The molecule has 0 radical (unpaired) electrons. The second kappa shape index (κ2) is 12.0. The summed E-state index contributed by atoms with van der Waals surface area (Å²) in [6.45, 7) is 0.427. The molecule has 6 nitrogen and oxygen atoms in total. The average molecular weight is 396 g/mol. The zero-order chi connectivity index (χ0) is 20.9. The molecule has 2 N–H and O–H groups in total. The molecule has 29 heavy (non-hydrogen) atoms. The molecule has 0 fully saturated rings. The van der Waals surface area contributed by atoms with Crippen LogP contribution in [0.3, 0.4) is 0 Å². The minimum atomic E-state index is -0.250. The Morgan fingerprint density at radius 2 is 1.38 bits per heavy atom. The van der Waals surface area contributed by atoms with Crippen molar-refractivity contribution in [3.63, 3.8) is 0 Å². The molecule has 3 aromatic rings. The third-order valence-corrected chi connectivity index (χ3v) is 3.97. The van der Waals surface area contributed by atoms with E-state index in [1.807, 2.05) is 60.7 Å². The molecule has 3 aromatic carbocycles. The van der Waals surface area contributed by atoms with E-state index < -0.39 is 0 Å². The monoisotopic (exact) mass is 396 g/mol. The average Bonchev–Trinajstić information content (AvgIpc) is 2.78. The van der Waals surface area contributed by atoms with Crippen molar-refractivity contribution in [3.8, 4) is 17.2 Å². The Hall–Kier alpha value is -3.51. The number of hydrogen-bond acceptors (Lipinski definition) is 5. The fourth-order valence-electron chi connectivity index (χ4n) is 2.62. The molecule has 3 rings (SSSR count). The zero-order valence-electron chi connectivity index (χ0n) is 16.2. The van der Waals surface area contributed by atoms with Gasteiger partial charge >= 0.3 is 0 Å². The minimum Gasteiger partial charge on any atom is -0.493 e. The molecule has 0 amide bonds. The van der Waals surface area contributed by atoms with Crippen molar-refractivity contribution < 1.29 is 29.2 Å². The van der Waals surface area contributed by atoms with Crippen LogP contribution >= 0.6 is 0 Å².